The Hall–Kier alpha value is -2.77. The van der Waals surface area contributed by atoms with Crippen LogP contribution in [0.1, 0.15) is 18.9 Å². The van der Waals surface area contributed by atoms with E-state index in [9.17, 15) is 4.79 Å². The average Bonchev–Trinajstić information content (AvgIpc) is 2.84. The molecule has 0 bridgehead atoms. The molecule has 0 unspecified atom stereocenters. The first-order valence-corrected chi connectivity index (χ1v) is 11.3. The first-order chi connectivity index (χ1) is 15.7. The van der Waals surface area contributed by atoms with Gasteiger partial charge in [0.05, 0.1) is 19.8 Å². The Kier molecular flexibility index (Phi) is 9.65. The summed E-state index contributed by atoms with van der Waals surface area (Å²) in [6, 6.07) is 16.0. The molecule has 1 aliphatic rings. The van der Waals surface area contributed by atoms with Crippen molar-refractivity contribution in [3.8, 4) is 11.5 Å². The number of nitrogens with one attached hydrogen (secondary N) is 1. The molecule has 3 rings (SSSR count). The summed E-state index contributed by atoms with van der Waals surface area (Å²) in [5.41, 5.74) is 2.23. The number of anilines is 1. The highest BCUT2D eigenvalue weighted by Crippen LogP contribution is 2.20. The number of esters is 1. The van der Waals surface area contributed by atoms with Crippen LogP contribution in [0.2, 0.25) is 0 Å². The lowest BCUT2D eigenvalue weighted by atomic mass is 10.1. The lowest BCUT2D eigenvalue weighted by Crippen LogP contribution is -2.43. The summed E-state index contributed by atoms with van der Waals surface area (Å²) in [4.78, 5) is 14.2. The van der Waals surface area contributed by atoms with Gasteiger partial charge in [-0.05, 0) is 48.9 Å². The average molecular weight is 443 g/mol. The maximum absolute atomic E-state index is 11.9. The summed E-state index contributed by atoms with van der Waals surface area (Å²) in [5.74, 6) is 1.33. The van der Waals surface area contributed by atoms with Gasteiger partial charge < -0.3 is 29.2 Å². The molecule has 0 aliphatic carbocycles. The first-order valence-electron chi connectivity index (χ1n) is 11.3. The van der Waals surface area contributed by atoms with Gasteiger partial charge in [-0.15, -0.1) is 0 Å². The zero-order chi connectivity index (χ0) is 22.6. The van der Waals surface area contributed by atoms with E-state index in [0.717, 1.165) is 49.7 Å². The van der Waals surface area contributed by atoms with Gasteiger partial charge in [-0.3, -0.25) is 0 Å². The van der Waals surface area contributed by atoms with Gasteiger partial charge in [0.1, 0.15) is 11.5 Å². The minimum atomic E-state index is -0.593. The molecule has 1 atom stereocenters. The van der Waals surface area contributed by atoms with Crippen LogP contribution in [-0.2, 0) is 20.7 Å². The van der Waals surface area contributed by atoms with Gasteiger partial charge in [-0.2, -0.15) is 0 Å². The van der Waals surface area contributed by atoms with E-state index in [-0.39, 0.29) is 5.97 Å². The summed E-state index contributed by atoms with van der Waals surface area (Å²) >= 11 is 0. The molecule has 1 saturated heterocycles. The highest BCUT2D eigenvalue weighted by atomic mass is 16.6. The van der Waals surface area contributed by atoms with Crippen LogP contribution in [0.5, 0.6) is 11.5 Å². The lowest BCUT2D eigenvalue weighted by Gasteiger charge is -2.29. The molecule has 0 saturated carbocycles. The summed E-state index contributed by atoms with van der Waals surface area (Å²) in [6.45, 7) is 7.43. The third-order valence-corrected chi connectivity index (χ3v) is 5.32. The van der Waals surface area contributed by atoms with Crippen molar-refractivity contribution in [2.75, 3.05) is 58.0 Å². The summed E-state index contributed by atoms with van der Waals surface area (Å²) in [7, 11) is 1.52. The SMILES string of the molecule is CCOC(=O)[C@H](Cc1ccc(OCCCOc2ccc(N3CCNCC3)cc2)cc1)OC. The molecule has 0 aromatic heterocycles. The number of carbonyl (C=O) groups is 1. The maximum atomic E-state index is 11.9. The van der Waals surface area contributed by atoms with Crippen molar-refractivity contribution >= 4 is 11.7 Å². The Morgan fingerprint density at radius 2 is 1.56 bits per heavy atom. The summed E-state index contributed by atoms with van der Waals surface area (Å²) in [5, 5.41) is 3.37. The second-order valence-corrected chi connectivity index (χ2v) is 7.61. The molecule has 0 spiro atoms. The van der Waals surface area contributed by atoms with Gasteiger partial charge in [-0.25, -0.2) is 4.79 Å². The molecule has 0 amide bonds. The Morgan fingerprint density at radius 3 is 2.12 bits per heavy atom. The normalized spacial score (nSPS) is 14.6. The monoisotopic (exact) mass is 442 g/mol. The van der Waals surface area contributed by atoms with Gasteiger partial charge in [0.15, 0.2) is 6.10 Å². The molecule has 2 aromatic carbocycles. The fraction of sp³-hybridized carbons (Fsp3) is 0.480. The summed E-state index contributed by atoms with van der Waals surface area (Å²) in [6.07, 6.45) is 0.664. The molecule has 174 valence electrons. The van der Waals surface area contributed by atoms with E-state index in [2.05, 4.69) is 22.3 Å². The van der Waals surface area contributed by atoms with Crippen molar-refractivity contribution in [1.82, 2.24) is 5.32 Å². The van der Waals surface area contributed by atoms with Crippen molar-refractivity contribution in [3.63, 3.8) is 0 Å². The number of piperazine rings is 1. The molecule has 1 aliphatic heterocycles. The Morgan fingerprint density at radius 1 is 0.969 bits per heavy atom. The Labute approximate surface area is 190 Å². The number of benzene rings is 2. The number of hydrogen-bond acceptors (Lipinski definition) is 7. The minimum Gasteiger partial charge on any atom is -0.493 e. The quantitative estimate of drug-likeness (QED) is 0.400. The van der Waals surface area contributed by atoms with Crippen LogP contribution < -0.4 is 19.7 Å². The van der Waals surface area contributed by atoms with Gasteiger partial charge in [-0.1, -0.05) is 12.1 Å². The number of ether oxygens (including phenoxy) is 4. The van der Waals surface area contributed by atoms with E-state index in [0.29, 0.717) is 26.2 Å². The molecular weight excluding hydrogens is 408 g/mol. The van der Waals surface area contributed by atoms with Gasteiger partial charge in [0.2, 0.25) is 0 Å². The van der Waals surface area contributed by atoms with E-state index in [1.165, 1.54) is 12.8 Å². The predicted molar refractivity (Wildman–Crippen MR) is 125 cm³/mol. The number of rotatable bonds is 12. The Balaban J connectivity index is 1.34. The van der Waals surface area contributed by atoms with Crippen LogP contribution in [0, 0.1) is 0 Å². The van der Waals surface area contributed by atoms with E-state index < -0.39 is 6.10 Å². The molecule has 1 fully saturated rings. The highest BCUT2D eigenvalue weighted by molar-refractivity contribution is 5.75. The second kappa shape index (κ2) is 12.9. The second-order valence-electron chi connectivity index (χ2n) is 7.61. The number of hydrogen-bond donors (Lipinski definition) is 1. The fourth-order valence-corrected chi connectivity index (χ4v) is 3.55. The largest absolute Gasteiger partial charge is 0.493 e. The lowest BCUT2D eigenvalue weighted by molar-refractivity contribution is -0.154. The first kappa shape index (κ1) is 23.9. The molecule has 1 heterocycles. The molecular formula is C25H34N2O5. The molecule has 32 heavy (non-hydrogen) atoms. The third kappa shape index (κ3) is 7.43. The molecule has 7 heteroatoms. The number of methoxy groups -OCH3 is 1. The van der Waals surface area contributed by atoms with Crippen LogP contribution in [0.4, 0.5) is 5.69 Å². The minimum absolute atomic E-state index is 0.339. The fourth-order valence-electron chi connectivity index (χ4n) is 3.55. The van der Waals surface area contributed by atoms with Crippen molar-refractivity contribution in [2.45, 2.75) is 25.9 Å². The van der Waals surface area contributed by atoms with Crippen molar-refractivity contribution < 1.29 is 23.7 Å². The van der Waals surface area contributed by atoms with Gasteiger partial charge >= 0.3 is 5.97 Å². The van der Waals surface area contributed by atoms with Crippen molar-refractivity contribution in [1.29, 1.82) is 0 Å². The van der Waals surface area contributed by atoms with Crippen LogP contribution >= 0.6 is 0 Å². The maximum Gasteiger partial charge on any atom is 0.335 e. The van der Waals surface area contributed by atoms with Gasteiger partial charge in [0, 0.05) is 51.8 Å². The molecule has 1 N–H and O–H groups in total. The highest BCUT2D eigenvalue weighted by Gasteiger charge is 2.19. The van der Waals surface area contributed by atoms with Crippen LogP contribution in [0.15, 0.2) is 48.5 Å². The van der Waals surface area contributed by atoms with Crippen LogP contribution in [0.3, 0.4) is 0 Å². The summed E-state index contributed by atoms with van der Waals surface area (Å²) < 4.78 is 21.9. The van der Waals surface area contributed by atoms with Crippen LogP contribution in [-0.4, -0.2) is 65.2 Å². The predicted octanol–water partition coefficient (Wildman–Crippen LogP) is 3.06. The standard InChI is InChI=1S/C25H34N2O5/c1-3-30-25(28)24(29-2)19-20-5-9-22(10-6-20)31-17-4-18-32-23-11-7-21(8-12-23)27-15-13-26-14-16-27/h5-12,24,26H,3-4,13-19H2,1-2H3/t24-/m0/s1. The molecule has 0 radical (unpaired) electrons. The molecule has 2 aromatic rings. The number of carbonyl (C=O) groups excluding carboxylic acids is 1. The van der Waals surface area contributed by atoms with Crippen molar-refractivity contribution in [2.24, 2.45) is 0 Å². The molecule has 7 nitrogen and oxygen atoms in total. The van der Waals surface area contributed by atoms with E-state index >= 15 is 0 Å². The van der Waals surface area contributed by atoms with E-state index in [1.807, 2.05) is 36.4 Å². The zero-order valence-corrected chi connectivity index (χ0v) is 19.0. The Bertz CT molecular complexity index is 804. The smallest absolute Gasteiger partial charge is 0.335 e. The van der Waals surface area contributed by atoms with E-state index in [4.69, 9.17) is 18.9 Å². The van der Waals surface area contributed by atoms with Gasteiger partial charge in [0.25, 0.3) is 0 Å². The topological polar surface area (TPSA) is 69.3 Å². The van der Waals surface area contributed by atoms with Crippen LogP contribution in [0.25, 0.3) is 0 Å². The number of nitrogens with zero attached hydrogens (tertiary/aromatic N) is 1. The van der Waals surface area contributed by atoms with E-state index in [1.54, 1.807) is 6.92 Å². The third-order valence-electron chi connectivity index (χ3n) is 5.32. The zero-order valence-electron chi connectivity index (χ0n) is 19.0. The van der Waals surface area contributed by atoms with Crippen molar-refractivity contribution in [3.05, 3.63) is 54.1 Å².